The first kappa shape index (κ1) is 18.7. The van der Waals surface area contributed by atoms with E-state index >= 15 is 0 Å². The Labute approximate surface area is 158 Å². The predicted octanol–water partition coefficient (Wildman–Crippen LogP) is 6.62. The van der Waals surface area contributed by atoms with Crippen LogP contribution in [0.2, 0.25) is 0 Å². The number of benzene rings is 3. The molecule has 0 aliphatic heterocycles. The molecule has 0 aliphatic rings. The van der Waals surface area contributed by atoms with Crippen LogP contribution in [0.5, 0.6) is 0 Å². The monoisotopic (exact) mass is 362 g/mol. The lowest BCUT2D eigenvalue weighted by molar-refractivity contribution is 0.104. The third kappa shape index (κ3) is 4.03. The number of ketones is 1. The summed E-state index contributed by atoms with van der Waals surface area (Å²) in [5, 5.41) is 0. The third-order valence-electron chi connectivity index (χ3n) is 4.51. The molecule has 0 aliphatic carbocycles. The molecule has 0 unspecified atom stereocenters. The van der Waals surface area contributed by atoms with Gasteiger partial charge >= 0.3 is 0 Å². The highest BCUT2D eigenvalue weighted by molar-refractivity contribution is 6.04. The van der Waals surface area contributed by atoms with Gasteiger partial charge in [0.05, 0.1) is 5.56 Å². The van der Waals surface area contributed by atoms with Crippen LogP contribution in [0.4, 0.5) is 8.78 Å². The maximum absolute atomic E-state index is 14.7. The van der Waals surface area contributed by atoms with Crippen LogP contribution < -0.4 is 0 Å². The number of carbonyl (C=O) groups is 1. The van der Waals surface area contributed by atoms with Crippen molar-refractivity contribution in [2.45, 2.75) is 19.8 Å². The summed E-state index contributed by atoms with van der Waals surface area (Å²) in [6, 6.07) is 16.6. The van der Waals surface area contributed by atoms with Crippen LogP contribution >= 0.6 is 0 Å². The number of hydrogen-bond donors (Lipinski definition) is 0. The van der Waals surface area contributed by atoms with E-state index in [0.29, 0.717) is 16.7 Å². The summed E-state index contributed by atoms with van der Waals surface area (Å²) in [4.78, 5) is 11.6. The summed E-state index contributed by atoms with van der Waals surface area (Å²) < 4.78 is 29.4. The number of rotatable bonds is 6. The molecular formula is C24H20F2O. The lowest BCUT2D eigenvalue weighted by Crippen LogP contribution is -1.95. The summed E-state index contributed by atoms with van der Waals surface area (Å²) in [5.41, 5.74) is 3.18. The van der Waals surface area contributed by atoms with E-state index < -0.39 is 11.6 Å². The molecule has 1 nitrogen and oxygen atoms in total. The summed E-state index contributed by atoms with van der Waals surface area (Å²) in [6.45, 7) is 5.54. The third-order valence-corrected chi connectivity index (χ3v) is 4.51. The van der Waals surface area contributed by atoms with Crippen molar-refractivity contribution in [3.63, 3.8) is 0 Å². The average Bonchev–Trinajstić information content (AvgIpc) is 2.68. The topological polar surface area (TPSA) is 17.1 Å². The van der Waals surface area contributed by atoms with Crippen LogP contribution in [0, 0.1) is 11.6 Å². The first-order chi connectivity index (χ1) is 13.0. The van der Waals surface area contributed by atoms with E-state index in [1.54, 1.807) is 12.1 Å². The van der Waals surface area contributed by atoms with Gasteiger partial charge in [0.15, 0.2) is 5.78 Å². The van der Waals surface area contributed by atoms with Crippen molar-refractivity contribution in [3.05, 3.63) is 96.1 Å². The highest BCUT2D eigenvalue weighted by atomic mass is 19.1. The van der Waals surface area contributed by atoms with E-state index in [1.807, 2.05) is 24.3 Å². The fourth-order valence-electron chi connectivity index (χ4n) is 3.09. The molecule has 0 saturated heterocycles. The van der Waals surface area contributed by atoms with Gasteiger partial charge < -0.3 is 0 Å². The molecule has 3 rings (SSSR count). The first-order valence-corrected chi connectivity index (χ1v) is 8.89. The number of halogens is 2. The first-order valence-electron chi connectivity index (χ1n) is 8.89. The maximum Gasteiger partial charge on any atom is 0.185 e. The zero-order valence-corrected chi connectivity index (χ0v) is 15.1. The molecule has 0 N–H and O–H groups in total. The van der Waals surface area contributed by atoms with Crippen molar-refractivity contribution < 1.29 is 13.6 Å². The van der Waals surface area contributed by atoms with E-state index in [4.69, 9.17) is 0 Å². The Morgan fingerprint density at radius 3 is 1.96 bits per heavy atom. The number of allylic oxidation sites excluding steroid dienone is 1. The van der Waals surface area contributed by atoms with Gasteiger partial charge in [-0.1, -0.05) is 68.5 Å². The van der Waals surface area contributed by atoms with Crippen LogP contribution in [0.1, 0.15) is 29.3 Å². The van der Waals surface area contributed by atoms with Crippen molar-refractivity contribution in [1.82, 2.24) is 0 Å². The van der Waals surface area contributed by atoms with Gasteiger partial charge in [-0.25, -0.2) is 8.78 Å². The lowest BCUT2D eigenvalue weighted by atomic mass is 9.97. The fourth-order valence-corrected chi connectivity index (χ4v) is 3.09. The molecule has 0 radical (unpaired) electrons. The summed E-state index contributed by atoms with van der Waals surface area (Å²) in [5.74, 6) is -1.50. The minimum atomic E-state index is -0.634. The molecule has 3 heteroatoms. The van der Waals surface area contributed by atoms with E-state index in [1.165, 1.54) is 35.9 Å². The number of aryl methyl sites for hydroxylation is 1. The van der Waals surface area contributed by atoms with Gasteiger partial charge in [-0.2, -0.15) is 0 Å². The SMILES string of the molecule is C=CC(=O)c1ccc(-c2c(F)cc(-c3ccc(CCC)cc3)cc2F)cc1. The van der Waals surface area contributed by atoms with E-state index in [2.05, 4.69) is 13.5 Å². The molecule has 0 heterocycles. The molecular weight excluding hydrogens is 342 g/mol. The van der Waals surface area contributed by atoms with E-state index in [0.717, 1.165) is 18.4 Å². The molecule has 0 amide bonds. The molecule has 0 bridgehead atoms. The van der Waals surface area contributed by atoms with Crippen LogP contribution in [0.3, 0.4) is 0 Å². The molecule has 0 fully saturated rings. The zero-order valence-electron chi connectivity index (χ0n) is 15.1. The minimum Gasteiger partial charge on any atom is -0.289 e. The molecule has 0 aromatic heterocycles. The molecule has 136 valence electrons. The maximum atomic E-state index is 14.7. The molecule has 0 spiro atoms. The van der Waals surface area contributed by atoms with Gasteiger partial charge in [-0.3, -0.25) is 4.79 Å². The van der Waals surface area contributed by atoms with Gasteiger partial charge in [-0.05, 0) is 46.9 Å². The van der Waals surface area contributed by atoms with Crippen molar-refractivity contribution in [2.24, 2.45) is 0 Å². The number of carbonyl (C=O) groups excluding carboxylic acids is 1. The van der Waals surface area contributed by atoms with Gasteiger partial charge in [0.2, 0.25) is 0 Å². The summed E-state index contributed by atoms with van der Waals surface area (Å²) >= 11 is 0. The largest absolute Gasteiger partial charge is 0.289 e. The lowest BCUT2D eigenvalue weighted by Gasteiger charge is -2.10. The standard InChI is InChI=1S/C24H20F2O/c1-3-5-16-6-8-17(9-7-16)20-14-21(25)24(22(26)15-20)19-12-10-18(11-13-19)23(27)4-2/h4,6-15H,2-3,5H2,1H3. The Morgan fingerprint density at radius 2 is 1.44 bits per heavy atom. The van der Waals surface area contributed by atoms with Crippen molar-refractivity contribution in [1.29, 1.82) is 0 Å². The Morgan fingerprint density at radius 1 is 0.889 bits per heavy atom. The normalized spacial score (nSPS) is 10.6. The molecule has 0 atom stereocenters. The Kier molecular flexibility index (Phi) is 5.60. The van der Waals surface area contributed by atoms with Crippen molar-refractivity contribution in [2.75, 3.05) is 0 Å². The van der Waals surface area contributed by atoms with Crippen molar-refractivity contribution in [3.8, 4) is 22.3 Å². The van der Waals surface area contributed by atoms with Crippen LogP contribution in [-0.4, -0.2) is 5.78 Å². The van der Waals surface area contributed by atoms with Gasteiger partial charge in [-0.15, -0.1) is 0 Å². The quantitative estimate of drug-likeness (QED) is 0.356. The van der Waals surface area contributed by atoms with E-state index in [-0.39, 0.29) is 11.3 Å². The Hall–Kier alpha value is -3.07. The molecule has 3 aromatic rings. The fraction of sp³-hybridized carbons (Fsp3) is 0.125. The van der Waals surface area contributed by atoms with Gasteiger partial charge in [0, 0.05) is 5.56 Å². The van der Waals surface area contributed by atoms with Gasteiger partial charge in [0.1, 0.15) is 11.6 Å². The second-order valence-electron chi connectivity index (χ2n) is 6.41. The Bertz CT molecular complexity index is 947. The Balaban J connectivity index is 1.95. The van der Waals surface area contributed by atoms with Crippen LogP contribution in [0.25, 0.3) is 22.3 Å². The second kappa shape index (κ2) is 8.09. The van der Waals surface area contributed by atoms with Crippen LogP contribution in [0.15, 0.2) is 73.3 Å². The number of hydrogen-bond acceptors (Lipinski definition) is 1. The molecule has 0 saturated carbocycles. The van der Waals surface area contributed by atoms with Crippen molar-refractivity contribution >= 4 is 5.78 Å². The predicted molar refractivity (Wildman–Crippen MR) is 106 cm³/mol. The molecule has 27 heavy (non-hydrogen) atoms. The van der Waals surface area contributed by atoms with Gasteiger partial charge in [0.25, 0.3) is 0 Å². The van der Waals surface area contributed by atoms with E-state index in [9.17, 15) is 13.6 Å². The molecule has 3 aromatic carbocycles. The van der Waals surface area contributed by atoms with Crippen LogP contribution in [-0.2, 0) is 6.42 Å². The summed E-state index contributed by atoms with van der Waals surface area (Å²) in [7, 11) is 0. The smallest absolute Gasteiger partial charge is 0.185 e. The average molecular weight is 362 g/mol. The minimum absolute atomic E-state index is 0.0982. The highest BCUT2D eigenvalue weighted by Gasteiger charge is 2.15. The second-order valence-corrected chi connectivity index (χ2v) is 6.41. The highest BCUT2D eigenvalue weighted by Crippen LogP contribution is 2.31. The zero-order chi connectivity index (χ0) is 19.4. The summed E-state index contributed by atoms with van der Waals surface area (Å²) in [6.07, 6.45) is 3.23.